The van der Waals surface area contributed by atoms with Crippen molar-refractivity contribution in [2.45, 2.75) is 12.5 Å². The van der Waals surface area contributed by atoms with Crippen LogP contribution in [0.4, 0.5) is 0 Å². The predicted octanol–water partition coefficient (Wildman–Crippen LogP) is 0.387. The largest absolute Gasteiger partial charge is 0.466 e. The highest BCUT2D eigenvalue weighted by Gasteiger charge is 2.51. The number of nitrogens with zero attached hydrogens (tertiary/aromatic N) is 1. The molecule has 9 nitrogen and oxygen atoms in total. The van der Waals surface area contributed by atoms with Gasteiger partial charge < -0.3 is 23.8 Å². The summed E-state index contributed by atoms with van der Waals surface area (Å²) >= 11 is 0. The second-order valence-electron chi connectivity index (χ2n) is 5.66. The summed E-state index contributed by atoms with van der Waals surface area (Å²) in [7, 11) is 4.43. The van der Waals surface area contributed by atoms with Crippen LogP contribution in [0.1, 0.15) is 6.92 Å². The van der Waals surface area contributed by atoms with Gasteiger partial charge in [-0.15, -0.1) is 0 Å². The Labute approximate surface area is 155 Å². The summed E-state index contributed by atoms with van der Waals surface area (Å²) in [5.41, 5.74) is -2.62. The average molecular weight is 377 g/mol. The van der Waals surface area contributed by atoms with Crippen LogP contribution in [0.3, 0.4) is 0 Å². The van der Waals surface area contributed by atoms with Crippen LogP contribution in [-0.4, -0.2) is 62.8 Å². The van der Waals surface area contributed by atoms with E-state index in [2.05, 4.69) is 0 Å². The van der Waals surface area contributed by atoms with Gasteiger partial charge in [0.05, 0.1) is 45.1 Å². The molecule has 0 saturated carbocycles. The second-order valence-corrected chi connectivity index (χ2v) is 5.66. The number of allylic oxidation sites excluding steroid dienone is 2. The lowest BCUT2D eigenvalue weighted by molar-refractivity contribution is -0.144. The monoisotopic (exact) mass is 377 g/mol. The molecular formula is C18H19NO8. The Hall–Kier alpha value is -3.36. The number of carbonyl (C=O) groups excluding carboxylic acids is 4. The summed E-state index contributed by atoms with van der Waals surface area (Å²) in [5, 5.41) is 0. The second kappa shape index (κ2) is 7.48. The van der Waals surface area contributed by atoms with Crippen LogP contribution in [0.2, 0.25) is 0 Å². The fourth-order valence-corrected chi connectivity index (χ4v) is 3.06. The van der Waals surface area contributed by atoms with Crippen LogP contribution in [-0.2, 0) is 38.1 Å². The van der Waals surface area contributed by atoms with Gasteiger partial charge in [-0.2, -0.15) is 0 Å². The van der Waals surface area contributed by atoms with Gasteiger partial charge in [0.1, 0.15) is 11.3 Å². The topological polar surface area (TPSA) is 108 Å². The quantitative estimate of drug-likeness (QED) is 0.507. The van der Waals surface area contributed by atoms with E-state index in [0.717, 1.165) is 28.4 Å². The van der Waals surface area contributed by atoms with E-state index in [9.17, 15) is 19.2 Å². The Morgan fingerprint density at radius 3 is 1.81 bits per heavy atom. The van der Waals surface area contributed by atoms with Crippen molar-refractivity contribution in [1.82, 2.24) is 4.90 Å². The van der Waals surface area contributed by atoms with Crippen molar-refractivity contribution in [2.75, 3.05) is 28.4 Å². The van der Waals surface area contributed by atoms with Crippen molar-refractivity contribution in [3.05, 3.63) is 46.8 Å². The fourth-order valence-electron chi connectivity index (χ4n) is 3.06. The van der Waals surface area contributed by atoms with Gasteiger partial charge in [-0.3, -0.25) is 0 Å². The van der Waals surface area contributed by atoms with Gasteiger partial charge in [-0.1, -0.05) is 12.2 Å². The van der Waals surface area contributed by atoms with E-state index in [1.165, 1.54) is 11.1 Å². The molecule has 0 aromatic carbocycles. The molecule has 144 valence electrons. The average Bonchev–Trinajstić information content (AvgIpc) is 2.69. The van der Waals surface area contributed by atoms with E-state index in [4.69, 9.17) is 18.9 Å². The lowest BCUT2D eigenvalue weighted by Crippen LogP contribution is -2.52. The van der Waals surface area contributed by atoms with Gasteiger partial charge >= 0.3 is 23.9 Å². The summed E-state index contributed by atoms with van der Waals surface area (Å²) in [6.07, 6.45) is 6.29. The summed E-state index contributed by atoms with van der Waals surface area (Å²) in [5.74, 6) is -3.77. The minimum atomic E-state index is -1.31. The molecule has 2 aliphatic rings. The Kier molecular flexibility index (Phi) is 5.53. The lowest BCUT2D eigenvalue weighted by atomic mass is 9.77. The number of rotatable bonds is 4. The first-order valence-corrected chi connectivity index (χ1v) is 7.76. The van der Waals surface area contributed by atoms with Gasteiger partial charge in [-0.25, -0.2) is 19.2 Å². The van der Waals surface area contributed by atoms with E-state index in [1.807, 2.05) is 0 Å². The van der Waals surface area contributed by atoms with E-state index >= 15 is 0 Å². The molecule has 27 heavy (non-hydrogen) atoms. The first-order chi connectivity index (χ1) is 12.8. The zero-order valence-corrected chi connectivity index (χ0v) is 15.5. The fraction of sp³-hybridized carbons (Fsp3) is 0.333. The number of carbonyl (C=O) groups is 4. The molecule has 9 heteroatoms. The van der Waals surface area contributed by atoms with E-state index in [-0.39, 0.29) is 11.3 Å². The molecule has 2 rings (SSSR count). The lowest BCUT2D eigenvalue weighted by Gasteiger charge is -2.45. The van der Waals surface area contributed by atoms with Crippen LogP contribution >= 0.6 is 0 Å². The molecule has 0 aliphatic carbocycles. The molecule has 0 amide bonds. The van der Waals surface area contributed by atoms with Crippen molar-refractivity contribution in [3.63, 3.8) is 0 Å². The van der Waals surface area contributed by atoms with Crippen molar-refractivity contribution >= 4 is 23.9 Å². The number of fused-ring (bicyclic) bond motifs is 1. The molecule has 0 aromatic heterocycles. The SMILES string of the molecule is COC(=O)C1=C(C(=O)OC)N2C=CC=C[C@@]2(C)C(C(=O)OC)=C1C(=O)OC. The smallest absolute Gasteiger partial charge is 0.355 e. The van der Waals surface area contributed by atoms with E-state index in [0.29, 0.717) is 0 Å². The van der Waals surface area contributed by atoms with Crippen molar-refractivity contribution in [2.24, 2.45) is 0 Å². The molecule has 0 bridgehead atoms. The Balaban J connectivity index is 3.04. The highest BCUT2D eigenvalue weighted by atomic mass is 16.5. The number of methoxy groups -OCH3 is 4. The van der Waals surface area contributed by atoms with Gasteiger partial charge in [0.15, 0.2) is 0 Å². The predicted molar refractivity (Wildman–Crippen MR) is 90.6 cm³/mol. The number of ether oxygens (including phenoxy) is 4. The minimum Gasteiger partial charge on any atom is -0.466 e. The zero-order valence-electron chi connectivity index (χ0n) is 15.5. The van der Waals surface area contributed by atoms with Crippen LogP contribution < -0.4 is 0 Å². The molecule has 1 atom stereocenters. The first-order valence-electron chi connectivity index (χ1n) is 7.76. The zero-order chi connectivity index (χ0) is 20.4. The van der Waals surface area contributed by atoms with Crippen LogP contribution in [0, 0.1) is 0 Å². The van der Waals surface area contributed by atoms with Gasteiger partial charge in [-0.05, 0) is 13.0 Å². The van der Waals surface area contributed by atoms with Crippen LogP contribution in [0.25, 0.3) is 0 Å². The van der Waals surface area contributed by atoms with Crippen molar-refractivity contribution < 1.29 is 38.1 Å². The Morgan fingerprint density at radius 1 is 0.778 bits per heavy atom. The number of hydrogen-bond donors (Lipinski definition) is 0. The molecular weight excluding hydrogens is 358 g/mol. The summed E-state index contributed by atoms with van der Waals surface area (Å²) < 4.78 is 19.1. The Morgan fingerprint density at radius 2 is 1.30 bits per heavy atom. The molecule has 2 heterocycles. The van der Waals surface area contributed by atoms with Gasteiger partial charge in [0, 0.05) is 6.20 Å². The highest BCUT2D eigenvalue weighted by Crippen LogP contribution is 2.43. The van der Waals surface area contributed by atoms with Crippen LogP contribution in [0.15, 0.2) is 46.8 Å². The maximum Gasteiger partial charge on any atom is 0.355 e. The molecule has 2 aliphatic heterocycles. The summed E-state index contributed by atoms with van der Waals surface area (Å²) in [6, 6.07) is 0. The molecule has 0 radical (unpaired) electrons. The highest BCUT2D eigenvalue weighted by molar-refractivity contribution is 6.17. The van der Waals surface area contributed by atoms with Gasteiger partial charge in [0.2, 0.25) is 0 Å². The minimum absolute atomic E-state index is 0.175. The van der Waals surface area contributed by atoms with E-state index < -0.39 is 40.6 Å². The molecule has 0 spiro atoms. The van der Waals surface area contributed by atoms with E-state index in [1.54, 1.807) is 25.2 Å². The normalized spacial score (nSPS) is 20.9. The third-order valence-electron chi connectivity index (χ3n) is 4.30. The van der Waals surface area contributed by atoms with Crippen molar-refractivity contribution in [3.8, 4) is 0 Å². The third kappa shape index (κ3) is 3.01. The third-order valence-corrected chi connectivity index (χ3v) is 4.30. The summed E-state index contributed by atoms with van der Waals surface area (Å²) in [4.78, 5) is 51.5. The standard InChI is InChI=1S/C18H19NO8/c1-18-8-6-7-9-19(18)13(17(23)27-5)11(15(21)25-3)10(14(20)24-2)12(18)16(22)26-4/h6-9H,1-5H3/t18-/m0/s1. The molecule has 0 unspecified atom stereocenters. The summed E-state index contributed by atoms with van der Waals surface area (Å²) in [6.45, 7) is 1.58. The Bertz CT molecular complexity index is 832. The number of hydrogen-bond acceptors (Lipinski definition) is 9. The maximum absolute atomic E-state index is 12.6. The van der Waals surface area contributed by atoms with Crippen molar-refractivity contribution in [1.29, 1.82) is 0 Å². The van der Waals surface area contributed by atoms with Crippen LogP contribution in [0.5, 0.6) is 0 Å². The molecule has 0 fully saturated rings. The first kappa shape index (κ1) is 20.0. The molecule has 0 aromatic rings. The molecule has 0 saturated heterocycles. The molecule has 0 N–H and O–H groups in total. The number of esters is 4. The van der Waals surface area contributed by atoms with Gasteiger partial charge in [0.25, 0.3) is 0 Å². The maximum atomic E-state index is 12.6.